The van der Waals surface area contributed by atoms with Gasteiger partial charge in [-0.3, -0.25) is 0 Å². The summed E-state index contributed by atoms with van der Waals surface area (Å²) in [6.45, 7) is 0. The van der Waals surface area contributed by atoms with Gasteiger partial charge in [-0.25, -0.2) is 8.42 Å². The fourth-order valence-electron chi connectivity index (χ4n) is 6.62. The van der Waals surface area contributed by atoms with Crippen molar-refractivity contribution in [3.05, 3.63) is 84.9 Å². The Bertz CT molecular complexity index is 1390. The van der Waals surface area contributed by atoms with E-state index >= 15 is 0 Å². The molecule has 0 heterocycles. The van der Waals surface area contributed by atoms with Crippen LogP contribution in [0.2, 0.25) is 0 Å². The van der Waals surface area contributed by atoms with E-state index in [1.54, 1.807) is 0 Å². The Morgan fingerprint density at radius 3 is 1.70 bits per heavy atom. The first-order valence-electron chi connectivity index (χ1n) is 14.8. The summed E-state index contributed by atoms with van der Waals surface area (Å²) >= 11 is 2.08. The Balaban J connectivity index is 0.000000188. The van der Waals surface area contributed by atoms with Crippen molar-refractivity contribution in [3.8, 4) is 0 Å². The van der Waals surface area contributed by atoms with Crippen molar-refractivity contribution in [3.63, 3.8) is 0 Å². The van der Waals surface area contributed by atoms with Crippen LogP contribution in [-0.4, -0.2) is 29.4 Å². The summed E-state index contributed by atoms with van der Waals surface area (Å²) in [7, 11) is -6.39. The summed E-state index contributed by atoms with van der Waals surface area (Å²) in [5, 5.41) is -4.70. The molecule has 2 bridgehead atoms. The van der Waals surface area contributed by atoms with Crippen LogP contribution in [0.4, 0.5) is 17.6 Å². The van der Waals surface area contributed by atoms with Gasteiger partial charge in [0.15, 0.2) is 24.8 Å². The molecule has 0 aliphatic heterocycles. The molecule has 3 unspecified atom stereocenters. The average Bonchev–Trinajstić information content (AvgIpc) is 3.64. The minimum atomic E-state index is -6.35. The van der Waals surface area contributed by atoms with E-state index in [9.17, 15) is 30.5 Å². The Kier molecular flexibility index (Phi) is 10.2. The fraction of sp³-hybridized carbons (Fsp3) is 0.455. The van der Waals surface area contributed by atoms with Crippen molar-refractivity contribution < 1.29 is 30.5 Å². The standard InChI is InChI=1S/C24H25S2.C9H12F4O3S/c1-4-10-20(11-5-1)25-21-16-18-24(19-17-21)26(22-12-6-2-7-13-22)23-14-8-3-9-15-23;10-8(11,9(12,13)17(14,15)16)7-4-5-1-2-6(7)3-5/h2-3,6-9,12-20H,1,4-5,10-11H2;5-7H,1-4H2,(H,14,15,16)/q+1;/p-1. The fourth-order valence-corrected chi connectivity index (χ4v) is 10.4. The minimum Gasteiger partial charge on any atom is -0.743 e. The molecular formula is C33H36F4O3S3. The van der Waals surface area contributed by atoms with Crippen LogP contribution in [0.3, 0.4) is 0 Å². The molecule has 3 saturated carbocycles. The molecule has 3 aromatic carbocycles. The van der Waals surface area contributed by atoms with Crippen molar-refractivity contribution in [2.75, 3.05) is 0 Å². The van der Waals surface area contributed by atoms with Crippen LogP contribution >= 0.6 is 11.8 Å². The van der Waals surface area contributed by atoms with Crippen molar-refractivity contribution in [2.24, 2.45) is 17.8 Å². The van der Waals surface area contributed by atoms with E-state index < -0.39 is 33.1 Å². The van der Waals surface area contributed by atoms with Crippen LogP contribution in [0.5, 0.6) is 0 Å². The molecule has 0 radical (unpaired) electrons. The second-order valence-corrected chi connectivity index (χ2v) is 16.5. The third-order valence-electron chi connectivity index (χ3n) is 8.78. The van der Waals surface area contributed by atoms with Crippen LogP contribution in [0.25, 0.3) is 0 Å². The van der Waals surface area contributed by atoms with Gasteiger partial charge in [0.05, 0.1) is 10.9 Å². The van der Waals surface area contributed by atoms with Gasteiger partial charge in [0.1, 0.15) is 0 Å². The Hall–Kier alpha value is -2.01. The molecule has 0 saturated heterocycles. The smallest absolute Gasteiger partial charge is 0.396 e. The summed E-state index contributed by atoms with van der Waals surface area (Å²) < 4.78 is 84.0. The summed E-state index contributed by atoms with van der Waals surface area (Å²) in [6.07, 6.45) is 8.41. The number of halogens is 4. The second-order valence-electron chi connectivity index (χ2n) is 11.7. The summed E-state index contributed by atoms with van der Waals surface area (Å²) in [6, 6.07) is 31.1. The van der Waals surface area contributed by atoms with Crippen molar-refractivity contribution in [1.29, 1.82) is 0 Å². The summed E-state index contributed by atoms with van der Waals surface area (Å²) in [5.74, 6) is -7.10. The lowest BCUT2D eigenvalue weighted by Gasteiger charge is -2.36. The van der Waals surface area contributed by atoms with Gasteiger partial charge in [0, 0.05) is 16.1 Å². The normalized spacial score (nSPS) is 22.8. The molecule has 3 aromatic rings. The first-order chi connectivity index (χ1) is 20.5. The van der Waals surface area contributed by atoms with Gasteiger partial charge in [-0.1, -0.05) is 62.1 Å². The maximum Gasteiger partial charge on any atom is 0.396 e. The molecule has 0 N–H and O–H groups in total. The van der Waals surface area contributed by atoms with E-state index in [-0.39, 0.29) is 23.2 Å². The van der Waals surface area contributed by atoms with Crippen molar-refractivity contribution in [1.82, 2.24) is 0 Å². The van der Waals surface area contributed by atoms with E-state index in [1.165, 1.54) is 51.7 Å². The predicted molar refractivity (Wildman–Crippen MR) is 163 cm³/mol. The molecule has 3 atom stereocenters. The van der Waals surface area contributed by atoms with Crippen LogP contribution in [-0.2, 0) is 21.0 Å². The van der Waals surface area contributed by atoms with Crippen molar-refractivity contribution in [2.45, 2.75) is 93.8 Å². The molecule has 43 heavy (non-hydrogen) atoms. The lowest BCUT2D eigenvalue weighted by Crippen LogP contribution is -2.52. The van der Waals surface area contributed by atoms with Gasteiger partial charge in [-0.15, -0.1) is 11.8 Å². The minimum absolute atomic E-state index is 0.0389. The monoisotopic (exact) mass is 652 g/mol. The van der Waals surface area contributed by atoms with Gasteiger partial charge in [-0.05, 0) is 92.5 Å². The predicted octanol–water partition coefficient (Wildman–Crippen LogP) is 9.40. The van der Waals surface area contributed by atoms with E-state index in [0.717, 1.165) is 5.25 Å². The van der Waals surface area contributed by atoms with Gasteiger partial charge in [-0.2, -0.15) is 17.6 Å². The molecule has 10 heteroatoms. The Labute approximate surface area is 259 Å². The number of fused-ring (bicyclic) bond motifs is 2. The van der Waals surface area contributed by atoms with E-state index in [4.69, 9.17) is 0 Å². The van der Waals surface area contributed by atoms with Crippen LogP contribution < -0.4 is 0 Å². The highest BCUT2D eigenvalue weighted by Gasteiger charge is 2.68. The number of benzene rings is 3. The van der Waals surface area contributed by atoms with Crippen molar-refractivity contribution >= 4 is 32.8 Å². The molecule has 0 aromatic heterocycles. The molecule has 0 amide bonds. The third-order valence-corrected chi connectivity index (χ3v) is 13.3. The largest absolute Gasteiger partial charge is 0.743 e. The third kappa shape index (κ3) is 7.29. The number of hydrogen-bond acceptors (Lipinski definition) is 4. The van der Waals surface area contributed by atoms with Crippen LogP contribution in [0.1, 0.15) is 57.8 Å². The molecule has 0 spiro atoms. The van der Waals surface area contributed by atoms with E-state index in [1.807, 2.05) is 0 Å². The summed E-state index contributed by atoms with van der Waals surface area (Å²) in [5.41, 5.74) is 0. The molecule has 3 nitrogen and oxygen atoms in total. The highest BCUT2D eigenvalue weighted by Crippen LogP contribution is 2.58. The summed E-state index contributed by atoms with van der Waals surface area (Å²) in [4.78, 5) is 5.58. The molecule has 3 fully saturated rings. The van der Waals surface area contributed by atoms with Crippen LogP contribution in [0, 0.1) is 17.8 Å². The quantitative estimate of drug-likeness (QED) is 0.138. The van der Waals surface area contributed by atoms with Gasteiger partial charge in [0.2, 0.25) is 0 Å². The first kappa shape index (κ1) is 32.4. The number of rotatable bonds is 8. The topological polar surface area (TPSA) is 57.2 Å². The molecular weight excluding hydrogens is 617 g/mol. The van der Waals surface area contributed by atoms with Crippen LogP contribution in [0.15, 0.2) is 105 Å². The van der Waals surface area contributed by atoms with Gasteiger partial charge >= 0.3 is 11.2 Å². The SMILES string of the molecule is O=S(=O)([O-])C(F)(F)C(F)(F)C1CC2CCC1C2.c1ccc([S+](c2ccccc2)c2ccc(SC3CCCCC3)cc2)cc1. The molecule has 3 aliphatic rings. The number of alkyl halides is 4. The first-order valence-corrected chi connectivity index (χ1v) is 18.3. The second kappa shape index (κ2) is 13.5. The Morgan fingerprint density at radius 1 is 0.698 bits per heavy atom. The lowest BCUT2D eigenvalue weighted by atomic mass is 9.84. The van der Waals surface area contributed by atoms with E-state index in [2.05, 4.69) is 96.7 Å². The highest BCUT2D eigenvalue weighted by atomic mass is 32.2. The zero-order valence-corrected chi connectivity index (χ0v) is 26.2. The number of thioether (sulfide) groups is 1. The molecule has 232 valence electrons. The highest BCUT2D eigenvalue weighted by molar-refractivity contribution is 8.00. The molecule has 3 aliphatic carbocycles. The maximum atomic E-state index is 13.5. The van der Waals surface area contributed by atoms with Gasteiger partial charge in [0.25, 0.3) is 0 Å². The zero-order chi connectivity index (χ0) is 30.7. The average molecular weight is 653 g/mol. The zero-order valence-electron chi connectivity index (χ0n) is 23.7. The number of hydrogen-bond donors (Lipinski definition) is 0. The lowest BCUT2D eigenvalue weighted by molar-refractivity contribution is -0.202. The maximum absolute atomic E-state index is 13.5. The van der Waals surface area contributed by atoms with E-state index in [0.29, 0.717) is 19.3 Å². The molecule has 6 rings (SSSR count). The Morgan fingerprint density at radius 2 is 1.23 bits per heavy atom. The van der Waals surface area contributed by atoms with Gasteiger partial charge < -0.3 is 4.55 Å².